The lowest BCUT2D eigenvalue weighted by Gasteiger charge is -1.97. The molecular weight excluding hydrogens is 216 g/mol. The van der Waals surface area contributed by atoms with Crippen LogP contribution >= 0.6 is 0 Å². The van der Waals surface area contributed by atoms with E-state index in [4.69, 9.17) is 9.84 Å². The summed E-state index contributed by atoms with van der Waals surface area (Å²) in [5, 5.41) is 8.58. The second-order valence-electron chi connectivity index (χ2n) is 3.58. The van der Waals surface area contributed by atoms with Gasteiger partial charge < -0.3 is 9.84 Å². The molecule has 0 unspecified atom stereocenters. The molecule has 90 valence electrons. The maximum Gasteiger partial charge on any atom is 0.205 e. The number of carbonyl (C=O) groups is 1. The fourth-order valence-corrected chi connectivity index (χ4v) is 1.28. The van der Waals surface area contributed by atoms with Gasteiger partial charge in [-0.2, -0.15) is 0 Å². The number of methoxy groups -OCH3 is 1. The Balaban J connectivity index is 2.49. The number of benzene rings is 1. The van der Waals surface area contributed by atoms with E-state index < -0.39 is 0 Å². The molecule has 0 aliphatic rings. The maximum absolute atomic E-state index is 11.3. The van der Waals surface area contributed by atoms with Crippen molar-refractivity contribution in [1.82, 2.24) is 0 Å². The highest BCUT2D eigenvalue weighted by Crippen LogP contribution is 2.10. The Morgan fingerprint density at radius 3 is 2.59 bits per heavy atom. The number of Topliss-reactive ketones (excluding diaryl/α,β-unsaturated/α-hetero) is 1. The van der Waals surface area contributed by atoms with E-state index in [0.717, 1.165) is 11.3 Å². The zero-order valence-corrected chi connectivity index (χ0v) is 9.90. The summed E-state index contributed by atoms with van der Waals surface area (Å²) in [5.41, 5.74) is 0.793. The first-order valence-electron chi connectivity index (χ1n) is 5.56. The van der Waals surface area contributed by atoms with Gasteiger partial charge in [-0.15, -0.1) is 0 Å². The quantitative estimate of drug-likeness (QED) is 0.621. The summed E-state index contributed by atoms with van der Waals surface area (Å²) in [4.78, 5) is 11.3. The molecule has 0 aromatic heterocycles. The van der Waals surface area contributed by atoms with Crippen LogP contribution in [0.3, 0.4) is 0 Å². The van der Waals surface area contributed by atoms with Gasteiger partial charge in [0.05, 0.1) is 7.11 Å². The highest BCUT2D eigenvalue weighted by atomic mass is 16.5. The predicted octanol–water partition coefficient (Wildman–Crippen LogP) is 1.78. The van der Waals surface area contributed by atoms with Crippen LogP contribution in [0, 0.1) is 11.8 Å². The number of hydrogen-bond donors (Lipinski definition) is 1. The first-order valence-corrected chi connectivity index (χ1v) is 5.56. The van der Waals surface area contributed by atoms with Crippen LogP contribution in [0.2, 0.25) is 0 Å². The monoisotopic (exact) mass is 232 g/mol. The molecule has 17 heavy (non-hydrogen) atoms. The van der Waals surface area contributed by atoms with Crippen LogP contribution in [0.15, 0.2) is 24.3 Å². The van der Waals surface area contributed by atoms with E-state index >= 15 is 0 Å². The van der Waals surface area contributed by atoms with Gasteiger partial charge in [0.15, 0.2) is 0 Å². The summed E-state index contributed by atoms with van der Waals surface area (Å²) in [7, 11) is 1.60. The third kappa shape index (κ3) is 5.19. The summed E-state index contributed by atoms with van der Waals surface area (Å²) in [6, 6.07) is 7.24. The molecule has 3 heteroatoms. The van der Waals surface area contributed by atoms with Gasteiger partial charge in [-0.25, -0.2) is 0 Å². The molecule has 0 amide bonds. The third-order valence-electron chi connectivity index (χ3n) is 2.25. The number of aliphatic hydroxyl groups excluding tert-OH is 1. The second kappa shape index (κ2) is 7.48. The molecule has 0 bridgehead atoms. The first-order chi connectivity index (χ1) is 8.26. The van der Waals surface area contributed by atoms with Crippen LogP contribution in [0.25, 0.3) is 0 Å². The molecule has 3 nitrogen and oxygen atoms in total. The smallest absolute Gasteiger partial charge is 0.205 e. The van der Waals surface area contributed by atoms with Crippen LogP contribution in [0.1, 0.15) is 24.8 Å². The van der Waals surface area contributed by atoms with Gasteiger partial charge in [0.25, 0.3) is 0 Å². The lowest BCUT2D eigenvalue weighted by molar-refractivity contribution is -0.113. The van der Waals surface area contributed by atoms with Gasteiger partial charge in [0, 0.05) is 18.6 Å². The average molecular weight is 232 g/mol. The van der Waals surface area contributed by atoms with Crippen molar-refractivity contribution >= 4 is 5.78 Å². The molecule has 0 radical (unpaired) electrons. The van der Waals surface area contributed by atoms with Crippen LogP contribution in [-0.2, 0) is 4.79 Å². The topological polar surface area (TPSA) is 46.5 Å². The molecular formula is C14H16O3. The minimum absolute atomic E-state index is 0.0886. The molecule has 0 spiro atoms. The minimum atomic E-state index is -0.0886. The van der Waals surface area contributed by atoms with Crippen molar-refractivity contribution in [2.24, 2.45) is 0 Å². The minimum Gasteiger partial charge on any atom is -0.497 e. The van der Waals surface area contributed by atoms with Gasteiger partial charge in [0.2, 0.25) is 5.78 Å². The van der Waals surface area contributed by atoms with Crippen molar-refractivity contribution in [2.75, 3.05) is 13.7 Å². The second-order valence-corrected chi connectivity index (χ2v) is 3.58. The lowest BCUT2D eigenvalue weighted by atomic mass is 10.1. The number of ketones is 1. The van der Waals surface area contributed by atoms with Crippen LogP contribution in [0.4, 0.5) is 0 Å². The number of hydrogen-bond acceptors (Lipinski definition) is 3. The molecule has 0 aliphatic carbocycles. The predicted molar refractivity (Wildman–Crippen MR) is 65.8 cm³/mol. The van der Waals surface area contributed by atoms with Crippen LogP contribution in [0.5, 0.6) is 5.75 Å². The van der Waals surface area contributed by atoms with Gasteiger partial charge in [-0.05, 0) is 43.0 Å². The summed E-state index contributed by atoms with van der Waals surface area (Å²) < 4.78 is 5.02. The molecule has 0 saturated heterocycles. The first kappa shape index (κ1) is 13.3. The molecule has 0 aliphatic heterocycles. The third-order valence-corrected chi connectivity index (χ3v) is 2.25. The summed E-state index contributed by atoms with van der Waals surface area (Å²) in [6.45, 7) is 0.124. The molecule has 0 heterocycles. The summed E-state index contributed by atoms with van der Waals surface area (Å²) >= 11 is 0. The highest BCUT2D eigenvalue weighted by molar-refractivity contribution is 5.95. The number of rotatable bonds is 5. The standard InChI is InChI=1S/C14H16O3/c1-17-14-9-6-12(7-10-14)5-8-13(16)4-2-3-11-15/h6-7,9-10,15H,2-4,11H2,1H3. The van der Waals surface area contributed by atoms with E-state index in [1.807, 2.05) is 12.1 Å². The Labute approximate surface area is 101 Å². The largest absolute Gasteiger partial charge is 0.497 e. The van der Waals surface area contributed by atoms with Crippen molar-refractivity contribution in [3.8, 4) is 17.6 Å². The molecule has 1 aromatic carbocycles. The Hall–Kier alpha value is -1.79. The normalized spacial score (nSPS) is 9.29. The fourth-order valence-electron chi connectivity index (χ4n) is 1.28. The van der Waals surface area contributed by atoms with E-state index in [9.17, 15) is 4.79 Å². The molecule has 0 saturated carbocycles. The van der Waals surface area contributed by atoms with E-state index in [1.54, 1.807) is 19.2 Å². The van der Waals surface area contributed by atoms with Crippen molar-refractivity contribution < 1.29 is 14.6 Å². The Morgan fingerprint density at radius 1 is 1.29 bits per heavy atom. The Bertz CT molecular complexity index is 409. The van der Waals surface area contributed by atoms with Crippen LogP contribution in [-0.4, -0.2) is 24.6 Å². The molecule has 1 rings (SSSR count). The molecule has 0 fully saturated rings. The number of carbonyl (C=O) groups excluding carboxylic acids is 1. The van der Waals surface area contributed by atoms with Gasteiger partial charge in [0.1, 0.15) is 5.75 Å². The zero-order chi connectivity index (χ0) is 12.5. The van der Waals surface area contributed by atoms with Gasteiger partial charge in [-0.1, -0.05) is 5.92 Å². The number of unbranched alkanes of at least 4 members (excludes halogenated alkanes) is 1. The molecule has 0 atom stereocenters. The van der Waals surface area contributed by atoms with E-state index in [0.29, 0.717) is 19.3 Å². The molecule has 1 aromatic rings. The van der Waals surface area contributed by atoms with Gasteiger partial charge in [-0.3, -0.25) is 4.79 Å². The number of ether oxygens (including phenoxy) is 1. The van der Waals surface area contributed by atoms with Crippen molar-refractivity contribution in [2.45, 2.75) is 19.3 Å². The fraction of sp³-hybridized carbons (Fsp3) is 0.357. The van der Waals surface area contributed by atoms with Crippen LogP contribution < -0.4 is 4.74 Å². The van der Waals surface area contributed by atoms with E-state index in [1.165, 1.54) is 0 Å². The van der Waals surface area contributed by atoms with E-state index in [2.05, 4.69) is 11.8 Å². The Kier molecular flexibility index (Phi) is 5.84. The van der Waals surface area contributed by atoms with Crippen molar-refractivity contribution in [3.05, 3.63) is 29.8 Å². The highest BCUT2D eigenvalue weighted by Gasteiger charge is 1.96. The number of aliphatic hydroxyl groups is 1. The van der Waals surface area contributed by atoms with Crippen molar-refractivity contribution in [1.29, 1.82) is 0 Å². The summed E-state index contributed by atoms with van der Waals surface area (Å²) in [5.74, 6) is 6.07. The average Bonchev–Trinajstić information content (AvgIpc) is 2.37. The lowest BCUT2D eigenvalue weighted by Crippen LogP contribution is -1.94. The summed E-state index contributed by atoms with van der Waals surface area (Å²) in [6.07, 6.45) is 1.74. The Morgan fingerprint density at radius 2 is 2.00 bits per heavy atom. The van der Waals surface area contributed by atoms with Crippen molar-refractivity contribution in [3.63, 3.8) is 0 Å². The maximum atomic E-state index is 11.3. The van der Waals surface area contributed by atoms with E-state index in [-0.39, 0.29) is 12.4 Å². The zero-order valence-electron chi connectivity index (χ0n) is 9.90. The molecule has 1 N–H and O–H groups in total. The SMILES string of the molecule is COc1ccc(C#CC(=O)CCCCO)cc1. The van der Waals surface area contributed by atoms with Gasteiger partial charge >= 0.3 is 0 Å².